The standard InChI is InChI=1S/C21H28N2O3S/c1-2-3-13-26-20-15-18(11-7-8-12-22)16-21(27(23,24)25)19(20)14-17-9-5-4-6-10-17/h4-10,15-16H,2-3,11-14,22H2,1H3,(H2,23,24,25). The van der Waals surface area contributed by atoms with Crippen LogP contribution in [-0.2, 0) is 22.9 Å². The molecule has 0 aromatic heterocycles. The van der Waals surface area contributed by atoms with Crippen molar-refractivity contribution in [1.29, 1.82) is 0 Å². The molecule has 2 aromatic carbocycles. The molecule has 0 aliphatic rings. The molecule has 0 spiro atoms. The van der Waals surface area contributed by atoms with Crippen LogP contribution in [-0.4, -0.2) is 21.6 Å². The fourth-order valence-electron chi connectivity index (χ4n) is 2.79. The van der Waals surface area contributed by atoms with Crippen LogP contribution >= 0.6 is 0 Å². The third-order valence-corrected chi connectivity index (χ3v) is 5.15. The number of ether oxygens (including phenoxy) is 1. The second-order valence-electron chi connectivity index (χ2n) is 6.39. The van der Waals surface area contributed by atoms with Gasteiger partial charge in [0.25, 0.3) is 0 Å². The summed E-state index contributed by atoms with van der Waals surface area (Å²) in [6.07, 6.45) is 6.64. The van der Waals surface area contributed by atoms with Gasteiger partial charge in [0.05, 0.1) is 11.5 Å². The zero-order chi connectivity index (χ0) is 19.7. The molecule has 0 unspecified atom stereocenters. The summed E-state index contributed by atoms with van der Waals surface area (Å²) in [5.74, 6) is 0.579. The van der Waals surface area contributed by atoms with Crippen LogP contribution in [0.25, 0.3) is 0 Å². The summed E-state index contributed by atoms with van der Waals surface area (Å²) in [4.78, 5) is 0.122. The first-order valence-electron chi connectivity index (χ1n) is 9.16. The van der Waals surface area contributed by atoms with Gasteiger partial charge in [0.2, 0.25) is 10.0 Å². The van der Waals surface area contributed by atoms with Crippen LogP contribution in [0.4, 0.5) is 0 Å². The highest BCUT2D eigenvalue weighted by atomic mass is 32.2. The van der Waals surface area contributed by atoms with Gasteiger partial charge >= 0.3 is 0 Å². The van der Waals surface area contributed by atoms with Crippen LogP contribution in [0.3, 0.4) is 0 Å². The summed E-state index contributed by atoms with van der Waals surface area (Å²) < 4.78 is 30.5. The number of rotatable bonds is 10. The monoisotopic (exact) mass is 388 g/mol. The molecule has 0 bridgehead atoms. The van der Waals surface area contributed by atoms with E-state index in [4.69, 9.17) is 15.6 Å². The zero-order valence-electron chi connectivity index (χ0n) is 15.7. The maximum Gasteiger partial charge on any atom is 0.238 e. The van der Waals surface area contributed by atoms with Gasteiger partial charge in [-0.25, -0.2) is 13.6 Å². The first-order chi connectivity index (χ1) is 13.0. The molecule has 0 atom stereocenters. The van der Waals surface area contributed by atoms with Crippen molar-refractivity contribution in [2.75, 3.05) is 13.2 Å². The average molecular weight is 389 g/mol. The third kappa shape index (κ3) is 6.50. The van der Waals surface area contributed by atoms with E-state index in [2.05, 4.69) is 6.92 Å². The molecular formula is C21H28N2O3S. The number of unbranched alkanes of at least 4 members (excludes halogenated alkanes) is 1. The van der Waals surface area contributed by atoms with Gasteiger partial charge in [0, 0.05) is 18.5 Å². The fraction of sp³-hybridized carbons (Fsp3) is 0.333. The Morgan fingerprint density at radius 3 is 2.44 bits per heavy atom. The van der Waals surface area contributed by atoms with Crippen molar-refractivity contribution in [3.05, 3.63) is 71.3 Å². The Hall–Kier alpha value is -2.15. The van der Waals surface area contributed by atoms with Gasteiger partial charge in [-0.15, -0.1) is 0 Å². The summed E-state index contributed by atoms with van der Waals surface area (Å²) in [7, 11) is -3.89. The van der Waals surface area contributed by atoms with Gasteiger partial charge in [-0.05, 0) is 36.1 Å². The van der Waals surface area contributed by atoms with E-state index in [0.717, 1.165) is 24.0 Å². The van der Waals surface area contributed by atoms with Gasteiger partial charge in [0.1, 0.15) is 5.75 Å². The molecule has 0 heterocycles. The largest absolute Gasteiger partial charge is 0.493 e. The second-order valence-corrected chi connectivity index (χ2v) is 7.92. The van der Waals surface area contributed by atoms with E-state index in [9.17, 15) is 8.42 Å². The smallest absolute Gasteiger partial charge is 0.238 e. The van der Waals surface area contributed by atoms with E-state index in [1.165, 1.54) is 0 Å². The van der Waals surface area contributed by atoms with Crippen molar-refractivity contribution in [2.45, 2.75) is 37.5 Å². The lowest BCUT2D eigenvalue weighted by Crippen LogP contribution is -2.16. The van der Waals surface area contributed by atoms with Crippen LogP contribution in [0.5, 0.6) is 5.75 Å². The SMILES string of the molecule is CCCCOc1cc(CC=CCN)cc(S(N)(=O)=O)c1Cc1ccccc1. The molecule has 0 amide bonds. The first kappa shape index (κ1) is 21.2. The number of hydrogen-bond donors (Lipinski definition) is 2. The molecule has 2 rings (SSSR count). The van der Waals surface area contributed by atoms with Gasteiger partial charge in [0.15, 0.2) is 0 Å². The molecule has 0 fully saturated rings. The number of nitrogens with two attached hydrogens (primary N) is 2. The van der Waals surface area contributed by atoms with E-state index in [0.29, 0.717) is 37.3 Å². The van der Waals surface area contributed by atoms with Crippen LogP contribution in [0, 0.1) is 0 Å². The highest BCUT2D eigenvalue weighted by Crippen LogP contribution is 2.31. The van der Waals surface area contributed by atoms with Crippen molar-refractivity contribution < 1.29 is 13.2 Å². The predicted octanol–water partition coefficient (Wildman–Crippen LogP) is 3.16. The summed E-state index contributed by atoms with van der Waals surface area (Å²) in [5, 5.41) is 5.54. The van der Waals surface area contributed by atoms with E-state index >= 15 is 0 Å². The topological polar surface area (TPSA) is 95.4 Å². The molecule has 6 heteroatoms. The Bertz CT molecular complexity index is 862. The molecule has 0 radical (unpaired) electrons. The van der Waals surface area contributed by atoms with Crippen LogP contribution < -0.4 is 15.6 Å². The summed E-state index contributed by atoms with van der Waals surface area (Å²) in [5.41, 5.74) is 7.91. The average Bonchev–Trinajstić information content (AvgIpc) is 2.63. The second kappa shape index (κ2) is 10.3. The molecule has 146 valence electrons. The minimum atomic E-state index is -3.89. The lowest BCUT2D eigenvalue weighted by Gasteiger charge is -2.17. The maximum atomic E-state index is 12.3. The number of primary sulfonamides is 1. The Balaban J connectivity index is 2.52. The summed E-state index contributed by atoms with van der Waals surface area (Å²) in [6, 6.07) is 13.2. The molecular weight excluding hydrogens is 360 g/mol. The summed E-state index contributed by atoms with van der Waals surface area (Å²) >= 11 is 0. The summed E-state index contributed by atoms with van der Waals surface area (Å²) in [6.45, 7) is 3.05. The van der Waals surface area contributed by atoms with E-state index in [1.807, 2.05) is 48.6 Å². The Morgan fingerprint density at radius 1 is 1.07 bits per heavy atom. The van der Waals surface area contributed by atoms with E-state index in [1.54, 1.807) is 6.07 Å². The highest BCUT2D eigenvalue weighted by Gasteiger charge is 2.20. The maximum absolute atomic E-state index is 12.3. The molecule has 0 aliphatic heterocycles. The van der Waals surface area contributed by atoms with Crippen molar-refractivity contribution in [2.24, 2.45) is 10.9 Å². The normalized spacial score (nSPS) is 11.8. The van der Waals surface area contributed by atoms with Gasteiger partial charge in [-0.2, -0.15) is 0 Å². The number of benzene rings is 2. The van der Waals surface area contributed by atoms with Gasteiger partial charge < -0.3 is 10.5 Å². The fourth-order valence-corrected chi connectivity index (χ4v) is 3.62. The number of allylic oxidation sites excluding steroid dienone is 1. The van der Waals surface area contributed by atoms with Crippen LogP contribution in [0.15, 0.2) is 59.5 Å². The van der Waals surface area contributed by atoms with Crippen molar-refractivity contribution in [3.63, 3.8) is 0 Å². The van der Waals surface area contributed by atoms with E-state index in [-0.39, 0.29) is 4.90 Å². The minimum absolute atomic E-state index is 0.122. The Morgan fingerprint density at radius 2 is 1.81 bits per heavy atom. The highest BCUT2D eigenvalue weighted by molar-refractivity contribution is 7.89. The number of hydrogen-bond acceptors (Lipinski definition) is 4. The Kier molecular flexibility index (Phi) is 8.03. The molecule has 0 aliphatic carbocycles. The van der Waals surface area contributed by atoms with Crippen molar-refractivity contribution >= 4 is 10.0 Å². The van der Waals surface area contributed by atoms with Crippen molar-refractivity contribution in [1.82, 2.24) is 0 Å². The van der Waals surface area contributed by atoms with E-state index < -0.39 is 10.0 Å². The molecule has 2 aromatic rings. The minimum Gasteiger partial charge on any atom is -0.493 e. The quantitative estimate of drug-likeness (QED) is 0.483. The van der Waals surface area contributed by atoms with Crippen LogP contribution in [0.1, 0.15) is 36.5 Å². The predicted molar refractivity (Wildman–Crippen MR) is 109 cm³/mol. The molecule has 0 saturated carbocycles. The van der Waals surface area contributed by atoms with Crippen molar-refractivity contribution in [3.8, 4) is 5.75 Å². The van der Waals surface area contributed by atoms with Gasteiger partial charge in [-0.3, -0.25) is 0 Å². The van der Waals surface area contributed by atoms with Crippen LogP contribution in [0.2, 0.25) is 0 Å². The Labute approximate surface area is 162 Å². The lowest BCUT2D eigenvalue weighted by molar-refractivity contribution is 0.305. The third-order valence-electron chi connectivity index (χ3n) is 4.17. The van der Waals surface area contributed by atoms with Gasteiger partial charge in [-0.1, -0.05) is 55.8 Å². The molecule has 0 saturated heterocycles. The number of sulfonamides is 1. The molecule has 27 heavy (non-hydrogen) atoms. The molecule has 4 N–H and O–H groups in total. The first-order valence-corrected chi connectivity index (χ1v) is 10.7. The molecule has 5 nitrogen and oxygen atoms in total. The zero-order valence-corrected chi connectivity index (χ0v) is 16.5. The lowest BCUT2D eigenvalue weighted by atomic mass is 10.0.